The van der Waals surface area contributed by atoms with Crippen LogP contribution in [-0.2, 0) is 17.8 Å². The number of nitrogens with zero attached hydrogens (tertiary/aromatic N) is 3. The first kappa shape index (κ1) is 31.3. The van der Waals surface area contributed by atoms with E-state index in [1.54, 1.807) is 6.92 Å². The van der Waals surface area contributed by atoms with Crippen LogP contribution in [0.3, 0.4) is 0 Å². The van der Waals surface area contributed by atoms with Crippen molar-refractivity contribution >= 4 is 17.1 Å². The average molecular weight is 568 g/mol. The summed E-state index contributed by atoms with van der Waals surface area (Å²) in [7, 11) is 0. The summed E-state index contributed by atoms with van der Waals surface area (Å²) in [5.74, 6) is 1.87. The number of anilines is 1. The lowest BCUT2D eigenvalue weighted by Crippen LogP contribution is -2.27. The molecule has 0 spiro atoms. The average Bonchev–Trinajstić information content (AvgIpc) is 3.41. The first-order valence-corrected chi connectivity index (χ1v) is 16.1. The van der Waals surface area contributed by atoms with E-state index in [0.29, 0.717) is 13.0 Å². The summed E-state index contributed by atoms with van der Waals surface area (Å²) in [6.45, 7) is 5.14. The van der Waals surface area contributed by atoms with Gasteiger partial charge in [0.2, 0.25) is 5.91 Å². The molecule has 5 nitrogen and oxygen atoms in total. The van der Waals surface area contributed by atoms with E-state index < -0.39 is 0 Å². The number of unbranched alkanes of at least 4 members (excludes halogenated alkanes) is 11. The molecule has 224 valence electrons. The van der Waals surface area contributed by atoms with Gasteiger partial charge in [0, 0.05) is 25.2 Å². The molecule has 0 saturated carbocycles. The van der Waals surface area contributed by atoms with Crippen LogP contribution in [0.15, 0.2) is 79.1 Å². The van der Waals surface area contributed by atoms with E-state index in [9.17, 15) is 4.79 Å². The number of carbonyl (C=O) groups is 1. The monoisotopic (exact) mass is 567 g/mol. The standard InChI is InChI=1S/C37H49N3O2/c1-3-4-5-6-7-8-9-10-11-12-13-16-25-42-36-23-18-20-33(27-36)30-40(31(2)41)34-22-17-19-32(26-34)28-37-38-29-35-21-14-15-24-39(35)37/h14-15,17-24,26-27,29H,3-13,16,25,28,30H2,1-2H3. The zero-order chi connectivity index (χ0) is 29.4. The number of rotatable bonds is 19. The molecule has 2 heterocycles. The minimum atomic E-state index is 0.0150. The predicted octanol–water partition coefficient (Wildman–Crippen LogP) is 9.56. The van der Waals surface area contributed by atoms with E-state index in [1.165, 1.54) is 70.6 Å². The van der Waals surface area contributed by atoms with Gasteiger partial charge in [0.25, 0.3) is 0 Å². The predicted molar refractivity (Wildman–Crippen MR) is 174 cm³/mol. The van der Waals surface area contributed by atoms with Gasteiger partial charge >= 0.3 is 0 Å². The Hall–Kier alpha value is -3.60. The highest BCUT2D eigenvalue weighted by Crippen LogP contribution is 2.23. The summed E-state index contributed by atoms with van der Waals surface area (Å²) in [4.78, 5) is 19.2. The van der Waals surface area contributed by atoms with Gasteiger partial charge in [-0.25, -0.2) is 4.98 Å². The molecular formula is C37H49N3O2. The molecule has 0 aliphatic heterocycles. The number of pyridine rings is 1. The Morgan fingerprint density at radius 2 is 1.48 bits per heavy atom. The molecule has 4 aromatic rings. The minimum Gasteiger partial charge on any atom is -0.494 e. The Morgan fingerprint density at radius 3 is 2.21 bits per heavy atom. The van der Waals surface area contributed by atoms with Crippen LogP contribution in [0.1, 0.15) is 108 Å². The third-order valence-electron chi connectivity index (χ3n) is 7.99. The van der Waals surface area contributed by atoms with Gasteiger partial charge < -0.3 is 14.0 Å². The van der Waals surface area contributed by atoms with Crippen LogP contribution in [0.5, 0.6) is 5.75 Å². The molecular weight excluding hydrogens is 518 g/mol. The van der Waals surface area contributed by atoms with Gasteiger partial charge in [-0.3, -0.25) is 4.79 Å². The van der Waals surface area contributed by atoms with Gasteiger partial charge in [-0.1, -0.05) is 108 Å². The first-order chi connectivity index (χ1) is 20.6. The van der Waals surface area contributed by atoms with E-state index in [1.807, 2.05) is 53.7 Å². The normalized spacial score (nSPS) is 11.2. The lowest BCUT2D eigenvalue weighted by molar-refractivity contribution is -0.116. The molecule has 0 aliphatic rings. The number of ether oxygens (including phenoxy) is 1. The third kappa shape index (κ3) is 10.0. The lowest BCUT2D eigenvalue weighted by Gasteiger charge is -2.22. The molecule has 1 amide bonds. The van der Waals surface area contributed by atoms with Crippen molar-refractivity contribution in [2.45, 2.75) is 104 Å². The topological polar surface area (TPSA) is 46.8 Å². The van der Waals surface area contributed by atoms with Gasteiger partial charge in [0.05, 0.1) is 24.9 Å². The van der Waals surface area contributed by atoms with Crippen molar-refractivity contribution in [1.29, 1.82) is 0 Å². The second kappa shape index (κ2) is 17.4. The van der Waals surface area contributed by atoms with Gasteiger partial charge in [0.15, 0.2) is 0 Å². The summed E-state index contributed by atoms with van der Waals surface area (Å²) >= 11 is 0. The lowest BCUT2D eigenvalue weighted by atomic mass is 10.1. The molecule has 0 N–H and O–H groups in total. The highest BCUT2D eigenvalue weighted by molar-refractivity contribution is 5.91. The number of carbonyl (C=O) groups excluding carboxylic acids is 1. The Bertz CT molecular complexity index is 1360. The van der Waals surface area contributed by atoms with E-state index in [0.717, 1.165) is 46.9 Å². The molecule has 4 rings (SSSR count). The quantitative estimate of drug-likeness (QED) is 0.106. The van der Waals surface area contributed by atoms with Crippen molar-refractivity contribution in [3.05, 3.63) is 96.1 Å². The van der Waals surface area contributed by atoms with Gasteiger partial charge in [-0.2, -0.15) is 0 Å². The van der Waals surface area contributed by atoms with E-state index in [2.05, 4.69) is 46.6 Å². The molecule has 0 radical (unpaired) electrons. The van der Waals surface area contributed by atoms with Crippen molar-refractivity contribution < 1.29 is 9.53 Å². The highest BCUT2D eigenvalue weighted by Gasteiger charge is 2.14. The van der Waals surface area contributed by atoms with E-state index >= 15 is 0 Å². The summed E-state index contributed by atoms with van der Waals surface area (Å²) in [6, 6.07) is 22.5. The van der Waals surface area contributed by atoms with E-state index in [4.69, 9.17) is 4.74 Å². The summed E-state index contributed by atoms with van der Waals surface area (Å²) in [5, 5.41) is 0. The Morgan fingerprint density at radius 1 is 0.786 bits per heavy atom. The van der Waals surface area contributed by atoms with Crippen molar-refractivity contribution in [3.8, 4) is 5.75 Å². The SMILES string of the molecule is CCCCCCCCCCCCCCOc1cccc(CN(C(C)=O)c2cccc(Cc3ncc4ccccn34)c2)c1. The molecule has 0 unspecified atom stereocenters. The van der Waals surface area contributed by atoms with Crippen molar-refractivity contribution in [1.82, 2.24) is 9.38 Å². The van der Waals surface area contributed by atoms with Gasteiger partial charge in [-0.15, -0.1) is 0 Å². The van der Waals surface area contributed by atoms with Gasteiger partial charge in [0.1, 0.15) is 11.6 Å². The Balaban J connectivity index is 1.21. The molecule has 42 heavy (non-hydrogen) atoms. The number of benzene rings is 2. The van der Waals surface area contributed by atoms with Crippen molar-refractivity contribution in [2.24, 2.45) is 0 Å². The molecule has 0 saturated heterocycles. The van der Waals surface area contributed by atoms with Gasteiger partial charge in [-0.05, 0) is 53.9 Å². The fourth-order valence-electron chi connectivity index (χ4n) is 5.58. The van der Waals surface area contributed by atoms with Crippen LogP contribution in [0.25, 0.3) is 5.52 Å². The smallest absolute Gasteiger partial charge is 0.224 e. The van der Waals surface area contributed by atoms with Crippen LogP contribution < -0.4 is 9.64 Å². The number of imidazole rings is 1. The number of aromatic nitrogens is 2. The fourth-order valence-corrected chi connectivity index (χ4v) is 5.58. The number of fused-ring (bicyclic) bond motifs is 1. The summed E-state index contributed by atoms with van der Waals surface area (Å²) in [6.07, 6.45) is 20.7. The molecule has 0 atom stereocenters. The third-order valence-corrected chi connectivity index (χ3v) is 7.99. The highest BCUT2D eigenvalue weighted by atomic mass is 16.5. The maximum atomic E-state index is 12.7. The zero-order valence-corrected chi connectivity index (χ0v) is 25.8. The summed E-state index contributed by atoms with van der Waals surface area (Å²) in [5.41, 5.74) is 4.15. The fraction of sp³-hybridized carbons (Fsp3) is 0.459. The number of amides is 1. The molecule has 0 bridgehead atoms. The maximum Gasteiger partial charge on any atom is 0.224 e. The summed E-state index contributed by atoms with van der Waals surface area (Å²) < 4.78 is 8.20. The Labute approximate surface area is 252 Å². The largest absolute Gasteiger partial charge is 0.494 e. The van der Waals surface area contributed by atoms with Crippen LogP contribution in [0.2, 0.25) is 0 Å². The van der Waals surface area contributed by atoms with Crippen LogP contribution in [0.4, 0.5) is 5.69 Å². The molecule has 0 fully saturated rings. The Kier molecular flexibility index (Phi) is 13.0. The molecule has 0 aliphatic carbocycles. The van der Waals surface area contributed by atoms with Crippen LogP contribution in [-0.4, -0.2) is 21.9 Å². The van der Waals surface area contributed by atoms with Crippen LogP contribution >= 0.6 is 0 Å². The maximum absolute atomic E-state index is 12.7. The number of hydrogen-bond donors (Lipinski definition) is 0. The van der Waals surface area contributed by atoms with E-state index in [-0.39, 0.29) is 5.91 Å². The second-order valence-electron chi connectivity index (χ2n) is 11.5. The molecule has 2 aromatic carbocycles. The van der Waals surface area contributed by atoms with Crippen molar-refractivity contribution in [2.75, 3.05) is 11.5 Å². The first-order valence-electron chi connectivity index (χ1n) is 16.1. The zero-order valence-electron chi connectivity index (χ0n) is 25.8. The molecule has 2 aromatic heterocycles. The number of hydrogen-bond acceptors (Lipinski definition) is 3. The van der Waals surface area contributed by atoms with Crippen LogP contribution in [0, 0.1) is 0 Å². The van der Waals surface area contributed by atoms with Crippen molar-refractivity contribution in [3.63, 3.8) is 0 Å². The molecule has 5 heteroatoms. The minimum absolute atomic E-state index is 0.0150. The second-order valence-corrected chi connectivity index (χ2v) is 11.5.